The van der Waals surface area contributed by atoms with Gasteiger partial charge in [-0.15, -0.1) is 0 Å². The largest absolute Gasteiger partial charge is 0.462 e. The number of guanidine groups is 1. The third-order valence-corrected chi connectivity index (χ3v) is 5.57. The highest BCUT2D eigenvalue weighted by atomic mass is 16.5. The van der Waals surface area contributed by atoms with E-state index < -0.39 is 0 Å². The fourth-order valence-corrected chi connectivity index (χ4v) is 3.46. The molecule has 35 heavy (non-hydrogen) atoms. The van der Waals surface area contributed by atoms with Crippen LogP contribution in [0.1, 0.15) is 44.6 Å². The number of nitrogens with one attached hydrogen (secondary N) is 2. The Hall–Kier alpha value is -4.14. The molecule has 0 aliphatic rings. The van der Waals surface area contributed by atoms with Gasteiger partial charge in [0.15, 0.2) is 0 Å². The van der Waals surface area contributed by atoms with E-state index >= 15 is 0 Å². The van der Waals surface area contributed by atoms with Gasteiger partial charge in [0.2, 0.25) is 5.96 Å². The van der Waals surface area contributed by atoms with Gasteiger partial charge in [-0.25, -0.2) is 9.79 Å². The van der Waals surface area contributed by atoms with E-state index in [1.807, 2.05) is 62.8 Å². The number of rotatable bonds is 7. The lowest BCUT2D eigenvalue weighted by Gasteiger charge is -2.15. The lowest BCUT2D eigenvalue weighted by atomic mass is 10.2. The molecule has 9 nitrogen and oxygen atoms in total. The first-order valence-corrected chi connectivity index (χ1v) is 11.4. The molecule has 3 rings (SSSR count). The predicted molar refractivity (Wildman–Crippen MR) is 138 cm³/mol. The molecular weight excluding hydrogens is 444 g/mol. The van der Waals surface area contributed by atoms with Gasteiger partial charge in [-0.1, -0.05) is 6.07 Å². The third kappa shape index (κ3) is 6.47. The first-order valence-electron chi connectivity index (χ1n) is 11.4. The Balaban J connectivity index is 1.86. The highest BCUT2D eigenvalue weighted by Crippen LogP contribution is 2.16. The molecule has 0 atom stereocenters. The van der Waals surface area contributed by atoms with Crippen molar-refractivity contribution in [2.24, 2.45) is 12.0 Å². The number of aryl methyl sites for hydroxylation is 2. The van der Waals surface area contributed by atoms with E-state index in [1.165, 1.54) is 0 Å². The standard InChI is InChI=1S/C26H32N6O3/c1-7-35-25(34)19-11-13-21(14-12-19)28-26(27-16-23-17(2)30-32(6)18(23)3)29-24(33)20-9-8-10-22(15-20)31(4)5/h8-15H,7,16H2,1-6H3,(H2,27,28,29,33). The number of ether oxygens (including phenoxy) is 1. The van der Waals surface area contributed by atoms with Crippen molar-refractivity contribution in [2.45, 2.75) is 27.3 Å². The lowest BCUT2D eigenvalue weighted by molar-refractivity contribution is 0.0526. The van der Waals surface area contributed by atoms with E-state index in [0.29, 0.717) is 30.0 Å². The summed E-state index contributed by atoms with van der Waals surface area (Å²) in [7, 11) is 5.73. The van der Waals surface area contributed by atoms with Gasteiger partial charge in [0.05, 0.1) is 24.4 Å². The van der Waals surface area contributed by atoms with Crippen LogP contribution >= 0.6 is 0 Å². The summed E-state index contributed by atoms with van der Waals surface area (Å²) in [6, 6.07) is 14.1. The molecular formula is C26H32N6O3. The average Bonchev–Trinajstić information content (AvgIpc) is 3.08. The number of carbonyl (C=O) groups excluding carboxylic acids is 2. The highest BCUT2D eigenvalue weighted by molar-refractivity contribution is 6.10. The zero-order valence-electron chi connectivity index (χ0n) is 21.0. The van der Waals surface area contributed by atoms with Gasteiger partial charge < -0.3 is 15.0 Å². The summed E-state index contributed by atoms with van der Waals surface area (Å²) in [5.41, 5.74) is 5.43. The fourth-order valence-electron chi connectivity index (χ4n) is 3.46. The first kappa shape index (κ1) is 25.5. The number of nitrogens with zero attached hydrogens (tertiary/aromatic N) is 4. The molecule has 9 heteroatoms. The van der Waals surface area contributed by atoms with E-state index in [0.717, 1.165) is 22.6 Å². The van der Waals surface area contributed by atoms with E-state index in [1.54, 1.807) is 37.3 Å². The van der Waals surface area contributed by atoms with Crippen LogP contribution in [0.5, 0.6) is 0 Å². The molecule has 0 saturated heterocycles. The lowest BCUT2D eigenvalue weighted by Crippen LogP contribution is -2.36. The Kier molecular flexibility index (Phi) is 8.25. The second-order valence-electron chi connectivity index (χ2n) is 8.26. The van der Waals surface area contributed by atoms with Crippen LogP contribution in [0.15, 0.2) is 53.5 Å². The van der Waals surface area contributed by atoms with Crippen molar-refractivity contribution in [3.05, 3.63) is 76.6 Å². The predicted octanol–water partition coefficient (Wildman–Crippen LogP) is 3.68. The fraction of sp³-hybridized carbons (Fsp3) is 0.308. The number of esters is 1. The van der Waals surface area contributed by atoms with Gasteiger partial charge in [0, 0.05) is 49.3 Å². The molecule has 0 fully saturated rings. The minimum atomic E-state index is -0.385. The van der Waals surface area contributed by atoms with E-state index in [-0.39, 0.29) is 17.8 Å². The van der Waals surface area contributed by atoms with Crippen LogP contribution in [0.3, 0.4) is 0 Å². The first-order chi connectivity index (χ1) is 16.7. The Labute approximate surface area is 205 Å². The van der Waals surface area contributed by atoms with Gasteiger partial charge in [0.25, 0.3) is 5.91 Å². The SMILES string of the molecule is CCOC(=O)c1ccc(NC(=NCc2c(C)nn(C)c2C)NC(=O)c2cccc(N(C)C)c2)cc1. The van der Waals surface area contributed by atoms with Crippen LogP contribution in [0.4, 0.5) is 11.4 Å². The van der Waals surface area contributed by atoms with Gasteiger partial charge in [-0.3, -0.25) is 14.8 Å². The number of benzene rings is 2. The van der Waals surface area contributed by atoms with E-state index in [4.69, 9.17) is 4.74 Å². The van der Waals surface area contributed by atoms with E-state index in [2.05, 4.69) is 20.7 Å². The number of aliphatic imine (C=N–C) groups is 1. The van der Waals surface area contributed by atoms with Gasteiger partial charge in [-0.05, 0) is 63.2 Å². The van der Waals surface area contributed by atoms with Crippen molar-refractivity contribution in [3.63, 3.8) is 0 Å². The Morgan fingerprint density at radius 1 is 1.09 bits per heavy atom. The number of hydrogen-bond donors (Lipinski definition) is 2. The quantitative estimate of drug-likeness (QED) is 0.307. The summed E-state index contributed by atoms with van der Waals surface area (Å²) in [6.07, 6.45) is 0. The maximum Gasteiger partial charge on any atom is 0.338 e. The van der Waals surface area contributed by atoms with Crippen LogP contribution in [0, 0.1) is 13.8 Å². The van der Waals surface area contributed by atoms with Crippen LogP contribution in [0.2, 0.25) is 0 Å². The molecule has 0 aliphatic carbocycles. The maximum atomic E-state index is 13.1. The minimum absolute atomic E-state index is 0.289. The van der Waals surface area contributed by atoms with Crippen LogP contribution < -0.4 is 15.5 Å². The van der Waals surface area contributed by atoms with Crippen molar-refractivity contribution in [3.8, 4) is 0 Å². The molecule has 0 radical (unpaired) electrons. The molecule has 184 valence electrons. The van der Waals surface area contributed by atoms with Gasteiger partial charge in [-0.2, -0.15) is 5.10 Å². The van der Waals surface area contributed by atoms with Gasteiger partial charge in [0.1, 0.15) is 0 Å². The topological polar surface area (TPSA) is 101 Å². The van der Waals surface area contributed by atoms with Crippen LogP contribution in [-0.4, -0.2) is 48.3 Å². The summed E-state index contributed by atoms with van der Waals surface area (Å²) in [6.45, 7) is 6.33. The molecule has 1 aromatic heterocycles. The molecule has 2 N–H and O–H groups in total. The number of hydrogen-bond acceptors (Lipinski definition) is 6. The molecule has 0 spiro atoms. The van der Waals surface area contributed by atoms with Crippen molar-refractivity contribution in [2.75, 3.05) is 30.9 Å². The minimum Gasteiger partial charge on any atom is -0.462 e. The van der Waals surface area contributed by atoms with E-state index in [9.17, 15) is 9.59 Å². The number of aromatic nitrogens is 2. The second kappa shape index (κ2) is 11.3. The molecule has 2 aromatic carbocycles. The average molecular weight is 477 g/mol. The molecule has 0 aliphatic heterocycles. The van der Waals surface area contributed by atoms with Gasteiger partial charge >= 0.3 is 5.97 Å². The Bertz CT molecular complexity index is 1230. The summed E-state index contributed by atoms with van der Waals surface area (Å²) >= 11 is 0. The highest BCUT2D eigenvalue weighted by Gasteiger charge is 2.14. The Morgan fingerprint density at radius 3 is 2.40 bits per heavy atom. The van der Waals surface area contributed by atoms with Crippen LogP contribution in [-0.2, 0) is 18.3 Å². The zero-order chi connectivity index (χ0) is 25.5. The van der Waals surface area contributed by atoms with Crippen molar-refractivity contribution in [1.82, 2.24) is 15.1 Å². The monoisotopic (exact) mass is 476 g/mol. The van der Waals surface area contributed by atoms with Crippen molar-refractivity contribution in [1.29, 1.82) is 0 Å². The number of anilines is 2. The van der Waals surface area contributed by atoms with Crippen LogP contribution in [0.25, 0.3) is 0 Å². The summed E-state index contributed by atoms with van der Waals surface area (Å²) < 4.78 is 6.85. The number of amides is 1. The third-order valence-electron chi connectivity index (χ3n) is 5.57. The Morgan fingerprint density at radius 2 is 1.80 bits per heavy atom. The zero-order valence-corrected chi connectivity index (χ0v) is 21.0. The van der Waals surface area contributed by atoms with Crippen molar-refractivity contribution < 1.29 is 14.3 Å². The maximum absolute atomic E-state index is 13.1. The second-order valence-corrected chi connectivity index (χ2v) is 8.26. The smallest absolute Gasteiger partial charge is 0.338 e. The molecule has 0 bridgehead atoms. The molecule has 3 aromatic rings. The normalized spacial score (nSPS) is 11.2. The molecule has 1 amide bonds. The van der Waals surface area contributed by atoms with Crippen molar-refractivity contribution >= 4 is 29.2 Å². The summed E-state index contributed by atoms with van der Waals surface area (Å²) in [4.78, 5) is 31.6. The molecule has 0 unspecified atom stereocenters. The summed E-state index contributed by atoms with van der Waals surface area (Å²) in [5, 5.41) is 10.5. The molecule has 0 saturated carbocycles. The summed E-state index contributed by atoms with van der Waals surface area (Å²) in [5.74, 6) is -0.385. The number of carbonyl (C=O) groups is 2. The molecule has 1 heterocycles.